The van der Waals surface area contributed by atoms with Crippen LogP contribution in [0.1, 0.15) is 16.8 Å². The van der Waals surface area contributed by atoms with Crippen molar-refractivity contribution in [1.29, 1.82) is 0 Å². The van der Waals surface area contributed by atoms with Crippen LogP contribution >= 0.6 is 0 Å². The molecule has 0 aliphatic heterocycles. The third-order valence-corrected chi connectivity index (χ3v) is 6.64. The highest BCUT2D eigenvalue weighted by atomic mass is 32.2. The van der Waals surface area contributed by atoms with Gasteiger partial charge in [-0.3, -0.25) is 9.10 Å². The van der Waals surface area contributed by atoms with E-state index in [0.717, 1.165) is 5.75 Å². The number of para-hydroxylation sites is 2. The lowest BCUT2D eigenvalue weighted by Gasteiger charge is -2.21. The molecule has 0 aliphatic rings. The summed E-state index contributed by atoms with van der Waals surface area (Å²) in [5, 5.41) is 0. The minimum absolute atomic E-state index is 0.0745. The maximum absolute atomic E-state index is 13.0. The maximum atomic E-state index is 13.0. The van der Waals surface area contributed by atoms with Crippen LogP contribution in [0.5, 0.6) is 5.75 Å². The molecule has 162 valence electrons. The summed E-state index contributed by atoms with van der Waals surface area (Å²) in [5.41, 5.74) is 0.878. The Morgan fingerprint density at radius 1 is 0.871 bits per heavy atom. The standard InChI is InChI=1S/C24H26N2O4S/c1-25(17-10-18-30-22-14-7-4-8-15-22)24(27)20-11-9-16-23(19-20)31(28,29)26(2)21-12-5-3-6-13-21/h3-9,11-16,19H,10,17-18H2,1-2H3. The fourth-order valence-electron chi connectivity index (χ4n) is 3.05. The first kappa shape index (κ1) is 22.4. The molecule has 0 saturated carbocycles. The van der Waals surface area contributed by atoms with E-state index in [2.05, 4.69) is 0 Å². The molecule has 0 radical (unpaired) electrons. The lowest BCUT2D eigenvalue weighted by molar-refractivity contribution is 0.0787. The molecule has 31 heavy (non-hydrogen) atoms. The van der Waals surface area contributed by atoms with Crippen molar-refractivity contribution in [3.8, 4) is 5.75 Å². The average molecular weight is 439 g/mol. The number of rotatable bonds is 9. The van der Waals surface area contributed by atoms with E-state index in [-0.39, 0.29) is 10.8 Å². The summed E-state index contributed by atoms with van der Waals surface area (Å²) in [6.45, 7) is 0.977. The van der Waals surface area contributed by atoms with E-state index in [1.165, 1.54) is 23.5 Å². The second-order valence-electron chi connectivity index (χ2n) is 7.08. The second kappa shape index (κ2) is 10.1. The topological polar surface area (TPSA) is 66.9 Å². The van der Waals surface area contributed by atoms with E-state index in [0.29, 0.717) is 30.8 Å². The summed E-state index contributed by atoms with van der Waals surface area (Å²) < 4.78 is 32.9. The summed E-state index contributed by atoms with van der Waals surface area (Å²) in [4.78, 5) is 14.4. The van der Waals surface area contributed by atoms with Gasteiger partial charge in [0.05, 0.1) is 17.2 Å². The van der Waals surface area contributed by atoms with Crippen LogP contribution in [0, 0.1) is 0 Å². The van der Waals surface area contributed by atoms with Gasteiger partial charge in [0, 0.05) is 26.2 Å². The van der Waals surface area contributed by atoms with Crippen LogP contribution in [-0.4, -0.2) is 46.5 Å². The van der Waals surface area contributed by atoms with Crippen molar-refractivity contribution in [3.05, 3.63) is 90.5 Å². The first-order valence-electron chi connectivity index (χ1n) is 9.97. The first-order chi connectivity index (χ1) is 14.9. The van der Waals surface area contributed by atoms with Crippen molar-refractivity contribution < 1.29 is 17.9 Å². The highest BCUT2D eigenvalue weighted by molar-refractivity contribution is 7.92. The Hall–Kier alpha value is -3.32. The monoisotopic (exact) mass is 438 g/mol. The molecule has 0 fully saturated rings. The SMILES string of the molecule is CN(CCCOc1ccccc1)C(=O)c1cccc(S(=O)(=O)N(C)c2ccccc2)c1. The van der Waals surface area contributed by atoms with Crippen LogP contribution in [0.2, 0.25) is 0 Å². The van der Waals surface area contributed by atoms with Gasteiger partial charge in [-0.1, -0.05) is 42.5 Å². The molecule has 7 heteroatoms. The maximum Gasteiger partial charge on any atom is 0.264 e. The highest BCUT2D eigenvalue weighted by Crippen LogP contribution is 2.22. The second-order valence-corrected chi connectivity index (χ2v) is 9.05. The molecule has 0 aromatic heterocycles. The van der Waals surface area contributed by atoms with E-state index < -0.39 is 10.0 Å². The molecule has 3 aromatic carbocycles. The van der Waals surface area contributed by atoms with Gasteiger partial charge in [0.2, 0.25) is 0 Å². The van der Waals surface area contributed by atoms with Gasteiger partial charge in [0.15, 0.2) is 0 Å². The Morgan fingerprint density at radius 3 is 2.19 bits per heavy atom. The molecule has 0 unspecified atom stereocenters. The predicted molar refractivity (Wildman–Crippen MR) is 122 cm³/mol. The summed E-state index contributed by atoms with van der Waals surface area (Å²) in [6.07, 6.45) is 0.659. The van der Waals surface area contributed by atoms with Crippen LogP contribution in [0.3, 0.4) is 0 Å². The van der Waals surface area contributed by atoms with Crippen LogP contribution in [0.4, 0.5) is 5.69 Å². The van der Waals surface area contributed by atoms with Gasteiger partial charge in [-0.05, 0) is 48.9 Å². The molecule has 0 bridgehead atoms. The number of hydrogen-bond acceptors (Lipinski definition) is 4. The van der Waals surface area contributed by atoms with Crippen LogP contribution in [0.15, 0.2) is 89.8 Å². The first-order valence-corrected chi connectivity index (χ1v) is 11.4. The zero-order valence-corrected chi connectivity index (χ0v) is 18.5. The minimum Gasteiger partial charge on any atom is -0.494 e. The Balaban J connectivity index is 1.63. The molecule has 3 rings (SSSR count). The van der Waals surface area contributed by atoms with Gasteiger partial charge in [0.1, 0.15) is 5.75 Å². The summed E-state index contributed by atoms with van der Waals surface area (Å²) in [6, 6.07) is 24.4. The zero-order chi connectivity index (χ0) is 22.3. The third-order valence-electron chi connectivity index (χ3n) is 4.86. The fourth-order valence-corrected chi connectivity index (χ4v) is 4.30. The molecule has 0 spiro atoms. The largest absolute Gasteiger partial charge is 0.494 e. The summed E-state index contributed by atoms with van der Waals surface area (Å²) in [5.74, 6) is 0.552. The molecule has 0 atom stereocenters. The van der Waals surface area contributed by atoms with Gasteiger partial charge in [-0.25, -0.2) is 8.42 Å². The number of carbonyl (C=O) groups excluding carboxylic acids is 1. The highest BCUT2D eigenvalue weighted by Gasteiger charge is 2.23. The Labute approximate surface area is 183 Å². The van der Waals surface area contributed by atoms with Gasteiger partial charge in [-0.2, -0.15) is 0 Å². The summed E-state index contributed by atoms with van der Waals surface area (Å²) >= 11 is 0. The molecular weight excluding hydrogens is 412 g/mol. The third kappa shape index (κ3) is 5.64. The number of benzene rings is 3. The number of carbonyl (C=O) groups is 1. The van der Waals surface area contributed by atoms with E-state index in [9.17, 15) is 13.2 Å². The van der Waals surface area contributed by atoms with Crippen LogP contribution in [0.25, 0.3) is 0 Å². The number of anilines is 1. The number of amides is 1. The van der Waals surface area contributed by atoms with E-state index in [4.69, 9.17) is 4.74 Å². The summed E-state index contributed by atoms with van der Waals surface area (Å²) in [7, 11) is -0.588. The Morgan fingerprint density at radius 2 is 1.52 bits per heavy atom. The minimum atomic E-state index is -3.78. The molecular formula is C24H26N2O4S. The lowest BCUT2D eigenvalue weighted by atomic mass is 10.2. The number of sulfonamides is 1. The van der Waals surface area contributed by atoms with Crippen LogP contribution < -0.4 is 9.04 Å². The van der Waals surface area contributed by atoms with Crippen molar-refractivity contribution in [2.45, 2.75) is 11.3 Å². The molecule has 1 amide bonds. The fraction of sp³-hybridized carbons (Fsp3) is 0.208. The van der Waals surface area contributed by atoms with E-state index in [1.807, 2.05) is 36.4 Å². The van der Waals surface area contributed by atoms with E-state index >= 15 is 0 Å². The Kier molecular flexibility index (Phi) is 7.31. The molecule has 6 nitrogen and oxygen atoms in total. The molecule has 0 saturated heterocycles. The molecule has 0 heterocycles. The van der Waals surface area contributed by atoms with Crippen molar-refractivity contribution in [2.75, 3.05) is 31.6 Å². The molecule has 0 aliphatic carbocycles. The van der Waals surface area contributed by atoms with Crippen molar-refractivity contribution >= 4 is 21.6 Å². The molecule has 3 aromatic rings. The molecule has 0 N–H and O–H groups in total. The van der Waals surface area contributed by atoms with Crippen molar-refractivity contribution in [3.63, 3.8) is 0 Å². The normalized spacial score (nSPS) is 11.0. The van der Waals surface area contributed by atoms with E-state index in [1.54, 1.807) is 48.3 Å². The number of nitrogens with zero attached hydrogens (tertiary/aromatic N) is 2. The van der Waals surface area contributed by atoms with Gasteiger partial charge < -0.3 is 9.64 Å². The predicted octanol–water partition coefficient (Wildman–Crippen LogP) is 4.05. The Bertz CT molecular complexity index is 1100. The lowest BCUT2D eigenvalue weighted by Crippen LogP contribution is -2.29. The number of hydrogen-bond donors (Lipinski definition) is 0. The quantitative estimate of drug-likeness (QED) is 0.473. The van der Waals surface area contributed by atoms with Gasteiger partial charge in [-0.15, -0.1) is 0 Å². The van der Waals surface area contributed by atoms with Crippen molar-refractivity contribution in [1.82, 2.24) is 4.90 Å². The average Bonchev–Trinajstić information content (AvgIpc) is 2.82. The number of ether oxygens (including phenoxy) is 1. The zero-order valence-electron chi connectivity index (χ0n) is 17.6. The smallest absolute Gasteiger partial charge is 0.264 e. The van der Waals surface area contributed by atoms with Crippen molar-refractivity contribution in [2.24, 2.45) is 0 Å². The van der Waals surface area contributed by atoms with Crippen LogP contribution in [-0.2, 0) is 10.0 Å². The van der Waals surface area contributed by atoms with Gasteiger partial charge in [0.25, 0.3) is 15.9 Å². The van der Waals surface area contributed by atoms with Gasteiger partial charge >= 0.3 is 0 Å².